The quantitative estimate of drug-likeness (QED) is 0.0493. The van der Waals surface area contributed by atoms with Crippen LogP contribution in [0.25, 0.3) is 0 Å². The zero-order valence-corrected chi connectivity index (χ0v) is 64.0. The molecule has 3 saturated carbocycles. The minimum Gasteiger partial charge on any atom is -0.512 e. The van der Waals surface area contributed by atoms with E-state index in [4.69, 9.17) is 37.9 Å². The number of rotatable bonds is 9. The fourth-order valence-electron chi connectivity index (χ4n) is 16.1. The number of aliphatic hydroxyl groups excluding tert-OH is 3. The summed E-state index contributed by atoms with van der Waals surface area (Å²) in [6.07, 6.45) is 4.65. The number of benzene rings is 6. The molecular weight excluding hydrogens is 1530 g/mol. The first kappa shape index (κ1) is 80.3. The van der Waals surface area contributed by atoms with Gasteiger partial charge in [0.2, 0.25) is 11.8 Å². The van der Waals surface area contributed by atoms with Gasteiger partial charge in [0, 0.05) is 90.2 Å². The second-order valence-electron chi connectivity index (χ2n) is 25.5. The zero-order chi connectivity index (χ0) is 73.9. The van der Waals surface area contributed by atoms with Crippen molar-refractivity contribution in [2.24, 2.45) is 17.8 Å². The van der Waals surface area contributed by atoms with Crippen molar-refractivity contribution in [3.8, 4) is 23.3 Å². The Morgan fingerprint density at radius 2 is 0.731 bits per heavy atom. The van der Waals surface area contributed by atoms with E-state index in [1.807, 2.05) is 105 Å². The Morgan fingerprint density at radius 1 is 0.471 bits per heavy atom. The fourth-order valence-corrected chi connectivity index (χ4v) is 16.6. The van der Waals surface area contributed by atoms with E-state index in [9.17, 15) is 55.4 Å². The molecule has 26 heteroatoms. The molecule has 6 aromatic carbocycles. The first-order chi connectivity index (χ1) is 49.0. The number of nitrogens with one attached hydrogen (secondary N) is 1. The molecule has 104 heavy (non-hydrogen) atoms. The third-order valence-electron chi connectivity index (χ3n) is 20.0. The number of fused-ring (bicyclic) bond motifs is 9. The van der Waals surface area contributed by atoms with E-state index >= 15 is 0 Å². The first-order valence-electron chi connectivity index (χ1n) is 32.0. The third kappa shape index (κ3) is 12.5. The fraction of sp³-hybridized carbons (Fsp3) is 0.269. The molecule has 0 bridgehead atoms. The molecule has 22 nitrogen and oxygen atoms in total. The first-order valence-corrected chi connectivity index (χ1v) is 33.6. The Morgan fingerprint density at radius 3 is 0.990 bits per heavy atom. The average molecular weight is 1600 g/mol. The van der Waals surface area contributed by atoms with Gasteiger partial charge < -0.3 is 88.7 Å². The molecule has 530 valence electrons. The molecule has 15 rings (SSSR count). The van der Waals surface area contributed by atoms with Crippen molar-refractivity contribution in [2.45, 2.75) is 69.7 Å². The summed E-state index contributed by atoms with van der Waals surface area (Å²) in [4.78, 5) is 54.5. The monoisotopic (exact) mass is 1600 g/mol. The van der Waals surface area contributed by atoms with Crippen LogP contribution in [0.1, 0.15) is 73.4 Å². The summed E-state index contributed by atoms with van der Waals surface area (Å²) >= 11 is 6.88. The number of carboxylic acids is 1. The molecule has 8 N–H and O–H groups in total. The molecule has 6 aliphatic rings. The Hall–Kier alpha value is -9.36. The summed E-state index contributed by atoms with van der Waals surface area (Å²) in [7, 11) is 10.3. The molecule has 0 saturated heterocycles. The smallest absolute Gasteiger partial charge is 0.512 e. The van der Waals surface area contributed by atoms with Gasteiger partial charge in [-0.15, -0.1) is 12.4 Å². The number of nitriles is 1. The molecule has 6 heterocycles. The van der Waals surface area contributed by atoms with Gasteiger partial charge in [-0.1, -0.05) is 159 Å². The van der Waals surface area contributed by atoms with E-state index in [0.29, 0.717) is 61.8 Å². The molecule has 15 atom stereocenters. The predicted octanol–water partition coefficient (Wildman–Crippen LogP) is 9.10. The Bertz CT molecular complexity index is 4590. The van der Waals surface area contributed by atoms with Crippen LogP contribution in [0.15, 0.2) is 228 Å². The summed E-state index contributed by atoms with van der Waals surface area (Å²) < 4.78 is 21.2. The van der Waals surface area contributed by atoms with E-state index < -0.39 is 93.4 Å². The minimum atomic E-state index is -1.98. The van der Waals surface area contributed by atoms with Gasteiger partial charge in [0.1, 0.15) is 35.6 Å². The van der Waals surface area contributed by atoms with E-state index in [1.54, 1.807) is 132 Å². The normalized spacial score (nSPS) is 28.0. The largest absolute Gasteiger partial charge is 2.00 e. The Kier molecular flexibility index (Phi) is 25.0. The van der Waals surface area contributed by atoms with E-state index in [1.165, 1.54) is 34.6 Å². The van der Waals surface area contributed by atoms with Crippen LogP contribution in [0.2, 0.25) is 0 Å². The van der Waals surface area contributed by atoms with E-state index in [0.717, 1.165) is 20.1 Å². The standard InChI is InChI=1S/C26H23N3O4.C25H23BrN2O4.C23H18BrNO5.C2H7N.2CN.ClH.Zn/c1-29(2)24(31)21-22(17-6-4-3-5-7-17)26(18-10-8-16(14-27)9-11-18)25(32,23(21)30)19-12-13-28-15-20(19)33-26;1-28(2)23(30)20-21(15-6-4-3-5-7-15)25(16-8-10-17(26)11-9-16)24(31,22(20)29)18-12-13-27-14-19(18)32-25;24-15-8-6-14(7-9-15)23-19(13-4-2-1-3-5-13)18(21(27)28)20(26)22(23,29)16-10-11-25-12-17(16)30-23;1-3-2;2*1-2;;/h3-13,15,21-23,30,32H,1-2H3;3-14,20-22,29,31H,1-2H3;1-12,18-20,26,29H,(H,27,28);3H,1-2H3;;;1H;/q;;;;2*-1;;+2/t21-,22-,23-,25+,26+;20-,21-,22-,24+,25+;18-,19-,20-,22+,23+;;;;;/m111...../s1. The number of carboxylic acid groups (broad SMARTS) is 1. The van der Waals surface area contributed by atoms with Crippen molar-refractivity contribution in [1.82, 2.24) is 30.1 Å². The number of pyridine rings is 3. The van der Waals surface area contributed by atoms with Crippen LogP contribution < -0.4 is 19.5 Å². The number of aromatic nitrogens is 3. The molecular formula is C78H72Br2ClN9O13Zn. The zero-order valence-electron chi connectivity index (χ0n) is 57.0. The maximum absolute atomic E-state index is 13.4. The Labute approximate surface area is 637 Å². The van der Waals surface area contributed by atoms with Crippen LogP contribution in [-0.2, 0) is 67.5 Å². The van der Waals surface area contributed by atoms with Crippen LogP contribution >= 0.6 is 44.3 Å². The van der Waals surface area contributed by atoms with Crippen molar-refractivity contribution in [2.75, 3.05) is 42.3 Å². The van der Waals surface area contributed by atoms with Gasteiger partial charge in [0.05, 0.1) is 48.0 Å². The van der Waals surface area contributed by atoms with Gasteiger partial charge >= 0.3 is 25.4 Å². The predicted molar refractivity (Wildman–Crippen MR) is 384 cm³/mol. The summed E-state index contributed by atoms with van der Waals surface area (Å²) in [5.74, 6) is -6.16. The number of carbonyl (C=O) groups excluding carboxylic acids is 2. The molecule has 2 amide bonds. The van der Waals surface area contributed by atoms with Crippen molar-refractivity contribution in [1.29, 1.82) is 15.8 Å². The van der Waals surface area contributed by atoms with E-state index in [2.05, 4.69) is 58.2 Å². The molecule has 0 spiro atoms. The number of aliphatic hydroxyl groups is 6. The molecule has 0 radical (unpaired) electrons. The average Bonchev–Trinajstić information content (AvgIpc) is 1.52. The van der Waals surface area contributed by atoms with Crippen LogP contribution in [0.3, 0.4) is 0 Å². The van der Waals surface area contributed by atoms with Gasteiger partial charge in [-0.2, -0.15) is 5.26 Å². The molecule has 3 aliphatic heterocycles. The number of nitrogens with zero attached hydrogens (tertiary/aromatic N) is 8. The number of aliphatic carboxylic acids is 1. The maximum Gasteiger partial charge on any atom is 2.00 e. The molecule has 3 aromatic heterocycles. The van der Waals surface area contributed by atoms with Crippen molar-refractivity contribution >= 4 is 62.1 Å². The minimum absolute atomic E-state index is 0. The van der Waals surface area contributed by atoms with Crippen LogP contribution in [0.4, 0.5) is 0 Å². The van der Waals surface area contributed by atoms with Crippen molar-refractivity contribution < 1.29 is 83.8 Å². The molecule has 0 unspecified atom stereocenters. The van der Waals surface area contributed by atoms with Crippen molar-refractivity contribution in [3.63, 3.8) is 0 Å². The van der Waals surface area contributed by atoms with Gasteiger partial charge in [0.25, 0.3) is 0 Å². The number of carbonyl (C=O) groups is 3. The number of hydrogen-bond acceptors (Lipinski definition) is 19. The number of hydrogen-bond donors (Lipinski definition) is 8. The molecule has 3 aliphatic carbocycles. The second-order valence-corrected chi connectivity index (χ2v) is 27.3. The van der Waals surface area contributed by atoms with Crippen LogP contribution in [-0.4, -0.2) is 139 Å². The van der Waals surface area contributed by atoms with Gasteiger partial charge in [-0.25, -0.2) is 0 Å². The van der Waals surface area contributed by atoms with Crippen LogP contribution in [0.5, 0.6) is 17.2 Å². The summed E-state index contributed by atoms with van der Waals surface area (Å²) in [5, 5.41) is 106. The third-order valence-corrected chi connectivity index (χ3v) is 21.1. The second kappa shape index (κ2) is 32.3. The van der Waals surface area contributed by atoms with Crippen LogP contribution in [0, 0.1) is 52.8 Å². The summed E-state index contributed by atoms with van der Waals surface area (Å²) in [6.45, 7) is 9.50. The topological polar surface area (TPSA) is 349 Å². The SMILES string of the molecule is CN(C)C(=O)[C@H]1[C@@H](O)[C@@]2(O)c3ccncc3O[C@@]2(c2ccc(Br)cc2)[C@@H]1c1ccccc1.CN(C)C(=O)[C@H]1[C@@H](O)[C@@]2(O)c3ccncc3O[C@@]2(c2ccc(C#N)cc2)[C@@H]1c1ccccc1.CNC.Cl.O=C(O)[C@H]1[C@@H](O)[C@@]2(O)c3ccncc3O[C@@]2(c2ccc(Br)cc2)[C@@H]1c1ccccc1.[C-]#N.[C-]#N.[Zn+2]. The number of amides is 2. The number of halogens is 3. The van der Waals surface area contributed by atoms with E-state index in [-0.39, 0.29) is 43.7 Å². The van der Waals surface area contributed by atoms with Gasteiger partial charge in [-0.3, -0.25) is 29.3 Å². The summed E-state index contributed by atoms with van der Waals surface area (Å²) in [5.41, 5.74) is -4.71. The Balaban J connectivity index is 0.000000187. The van der Waals surface area contributed by atoms with Gasteiger partial charge in [-0.05, 0) is 102 Å². The van der Waals surface area contributed by atoms with Gasteiger partial charge in [0.15, 0.2) is 33.6 Å². The number of ether oxygens (including phenoxy) is 3. The summed E-state index contributed by atoms with van der Waals surface area (Å²) in [6, 6.07) is 56.1. The van der Waals surface area contributed by atoms with Crippen molar-refractivity contribution in [3.05, 3.63) is 297 Å². The molecule has 9 aromatic rings. The maximum atomic E-state index is 13.4. The molecule has 3 fully saturated rings.